The van der Waals surface area contributed by atoms with Gasteiger partial charge in [0.25, 0.3) is 0 Å². The summed E-state index contributed by atoms with van der Waals surface area (Å²) in [7, 11) is 0. The summed E-state index contributed by atoms with van der Waals surface area (Å²) < 4.78 is 0. The summed E-state index contributed by atoms with van der Waals surface area (Å²) in [6.45, 7) is 4.43. The fourth-order valence-corrected chi connectivity index (χ4v) is 2.40. The molecule has 0 spiro atoms. The van der Waals surface area contributed by atoms with Crippen LogP contribution in [0.25, 0.3) is 0 Å². The fraction of sp³-hybridized carbons (Fsp3) is 0.545. The second-order valence-corrected chi connectivity index (χ2v) is 5.30. The zero-order valence-corrected chi connectivity index (χ0v) is 11.7. The zero-order chi connectivity index (χ0) is 12.8. The molecule has 1 unspecified atom stereocenters. The lowest BCUT2D eigenvalue weighted by atomic mass is 10.1. The van der Waals surface area contributed by atoms with E-state index in [1.165, 1.54) is 0 Å². The minimum atomic E-state index is -0.359. The Morgan fingerprint density at radius 1 is 1.71 bits per heavy atom. The summed E-state index contributed by atoms with van der Waals surface area (Å²) in [4.78, 5) is 16.3. The third-order valence-corrected chi connectivity index (χ3v) is 3.52. The van der Waals surface area contributed by atoms with Crippen LogP contribution in [-0.2, 0) is 11.2 Å². The van der Waals surface area contributed by atoms with Crippen LogP contribution >= 0.6 is 23.6 Å². The molecule has 0 radical (unpaired) electrons. The third kappa shape index (κ3) is 4.40. The second-order valence-electron chi connectivity index (χ2n) is 3.76. The summed E-state index contributed by atoms with van der Waals surface area (Å²) in [6.07, 6.45) is 1.38. The smallest absolute Gasteiger partial charge is 0.229 e. The van der Waals surface area contributed by atoms with E-state index in [4.69, 9.17) is 18.0 Å². The molecule has 0 aliphatic rings. The standard InChI is InChI=1S/C11H17N3OS2/c1-3-9(10(12)16)11(15)13-5-4-8-6-17-7(2)14-8/h6,9H,3-5H2,1-2H3,(H2,12,16)(H,13,15). The van der Waals surface area contributed by atoms with Gasteiger partial charge < -0.3 is 11.1 Å². The number of nitrogens with zero attached hydrogens (tertiary/aromatic N) is 1. The van der Waals surface area contributed by atoms with Crippen molar-refractivity contribution < 1.29 is 4.79 Å². The molecular weight excluding hydrogens is 254 g/mol. The van der Waals surface area contributed by atoms with Crippen LogP contribution in [0.5, 0.6) is 0 Å². The van der Waals surface area contributed by atoms with Gasteiger partial charge in [-0.1, -0.05) is 19.1 Å². The van der Waals surface area contributed by atoms with E-state index in [1.807, 2.05) is 19.2 Å². The molecule has 4 nitrogen and oxygen atoms in total. The van der Waals surface area contributed by atoms with Gasteiger partial charge in [0.15, 0.2) is 0 Å². The highest BCUT2D eigenvalue weighted by Crippen LogP contribution is 2.08. The number of amides is 1. The molecule has 1 aromatic rings. The number of rotatable bonds is 6. The molecule has 1 amide bonds. The Hall–Kier alpha value is -1.01. The number of thiocarbonyl (C=S) groups is 1. The fourth-order valence-electron chi connectivity index (χ4n) is 1.48. The van der Waals surface area contributed by atoms with Crippen molar-refractivity contribution in [1.82, 2.24) is 10.3 Å². The maximum Gasteiger partial charge on any atom is 0.229 e. The second kappa shape index (κ2) is 6.66. The van der Waals surface area contributed by atoms with Crippen LogP contribution in [0.1, 0.15) is 24.0 Å². The molecule has 1 heterocycles. The Morgan fingerprint density at radius 2 is 2.41 bits per heavy atom. The van der Waals surface area contributed by atoms with Crippen molar-refractivity contribution >= 4 is 34.5 Å². The van der Waals surface area contributed by atoms with E-state index in [9.17, 15) is 4.79 Å². The average molecular weight is 271 g/mol. The van der Waals surface area contributed by atoms with Crippen LogP contribution < -0.4 is 11.1 Å². The number of nitrogens with two attached hydrogens (primary N) is 1. The molecule has 3 N–H and O–H groups in total. The van der Waals surface area contributed by atoms with Gasteiger partial charge in [0.05, 0.1) is 21.6 Å². The molecule has 6 heteroatoms. The van der Waals surface area contributed by atoms with E-state index in [0.29, 0.717) is 13.0 Å². The molecule has 1 rings (SSSR count). The van der Waals surface area contributed by atoms with Crippen molar-refractivity contribution in [2.24, 2.45) is 11.7 Å². The summed E-state index contributed by atoms with van der Waals surface area (Å²) in [5.41, 5.74) is 6.50. The van der Waals surface area contributed by atoms with E-state index in [-0.39, 0.29) is 16.8 Å². The number of thiazole rings is 1. The van der Waals surface area contributed by atoms with Crippen molar-refractivity contribution in [3.8, 4) is 0 Å². The van der Waals surface area contributed by atoms with Crippen molar-refractivity contribution in [3.63, 3.8) is 0 Å². The van der Waals surface area contributed by atoms with Crippen molar-refractivity contribution in [2.45, 2.75) is 26.7 Å². The molecule has 1 atom stereocenters. The monoisotopic (exact) mass is 271 g/mol. The van der Waals surface area contributed by atoms with Gasteiger partial charge in [0, 0.05) is 18.3 Å². The lowest BCUT2D eigenvalue weighted by Gasteiger charge is -2.12. The van der Waals surface area contributed by atoms with Crippen LogP contribution in [0.3, 0.4) is 0 Å². The van der Waals surface area contributed by atoms with Gasteiger partial charge in [0.1, 0.15) is 0 Å². The first-order valence-electron chi connectivity index (χ1n) is 5.52. The zero-order valence-electron chi connectivity index (χ0n) is 10.0. The van der Waals surface area contributed by atoms with E-state index in [2.05, 4.69) is 10.3 Å². The molecular formula is C11H17N3OS2. The molecule has 0 aromatic carbocycles. The number of hydrogen-bond donors (Lipinski definition) is 2. The van der Waals surface area contributed by atoms with E-state index >= 15 is 0 Å². The first kappa shape index (κ1) is 14.1. The van der Waals surface area contributed by atoms with Gasteiger partial charge in [-0.15, -0.1) is 11.3 Å². The highest BCUT2D eigenvalue weighted by Gasteiger charge is 2.18. The number of carbonyl (C=O) groups is 1. The molecule has 0 saturated heterocycles. The third-order valence-electron chi connectivity index (χ3n) is 2.42. The van der Waals surface area contributed by atoms with Gasteiger partial charge in [0.2, 0.25) is 5.91 Å². The molecule has 0 saturated carbocycles. The Balaban J connectivity index is 2.35. The van der Waals surface area contributed by atoms with Crippen molar-refractivity contribution in [3.05, 3.63) is 16.1 Å². The molecule has 1 aromatic heterocycles. The Morgan fingerprint density at radius 3 is 2.88 bits per heavy atom. The Kier molecular flexibility index (Phi) is 5.50. The maximum atomic E-state index is 11.7. The average Bonchev–Trinajstić information content (AvgIpc) is 2.64. The molecule has 0 bridgehead atoms. The highest BCUT2D eigenvalue weighted by atomic mass is 32.1. The van der Waals surface area contributed by atoms with Crippen LogP contribution in [0.2, 0.25) is 0 Å². The number of aryl methyl sites for hydroxylation is 1. The van der Waals surface area contributed by atoms with Crippen LogP contribution in [0.15, 0.2) is 5.38 Å². The largest absolute Gasteiger partial charge is 0.393 e. The molecule has 0 aliphatic heterocycles. The quantitative estimate of drug-likeness (QED) is 0.768. The van der Waals surface area contributed by atoms with Gasteiger partial charge in [-0.05, 0) is 13.3 Å². The normalized spacial score (nSPS) is 12.1. The number of carbonyl (C=O) groups excluding carboxylic acids is 1. The number of nitrogens with one attached hydrogen (secondary N) is 1. The lowest BCUT2D eigenvalue weighted by Crippen LogP contribution is -2.38. The van der Waals surface area contributed by atoms with Gasteiger partial charge in [-0.3, -0.25) is 4.79 Å². The number of aromatic nitrogens is 1. The molecule has 0 aliphatic carbocycles. The van der Waals surface area contributed by atoms with E-state index in [0.717, 1.165) is 17.1 Å². The van der Waals surface area contributed by atoms with E-state index in [1.54, 1.807) is 11.3 Å². The predicted octanol–water partition coefficient (Wildman–Crippen LogP) is 1.42. The van der Waals surface area contributed by atoms with E-state index < -0.39 is 0 Å². The molecule has 0 fully saturated rings. The minimum absolute atomic E-state index is 0.0908. The van der Waals surface area contributed by atoms with Gasteiger partial charge in [-0.2, -0.15) is 0 Å². The summed E-state index contributed by atoms with van der Waals surface area (Å²) in [5.74, 6) is -0.450. The van der Waals surface area contributed by atoms with Gasteiger partial charge in [-0.25, -0.2) is 4.98 Å². The topological polar surface area (TPSA) is 68.0 Å². The first-order chi connectivity index (χ1) is 8.04. The lowest BCUT2D eigenvalue weighted by molar-refractivity contribution is -0.123. The number of hydrogen-bond acceptors (Lipinski definition) is 4. The minimum Gasteiger partial charge on any atom is -0.393 e. The summed E-state index contributed by atoms with van der Waals surface area (Å²) in [6, 6.07) is 0. The maximum absolute atomic E-state index is 11.7. The summed E-state index contributed by atoms with van der Waals surface area (Å²) in [5, 5.41) is 5.88. The predicted molar refractivity (Wildman–Crippen MR) is 74.1 cm³/mol. The Bertz CT molecular complexity index is 403. The summed E-state index contributed by atoms with van der Waals surface area (Å²) >= 11 is 6.46. The SMILES string of the molecule is CCC(C(=O)NCCc1csc(C)n1)C(N)=S. The van der Waals surface area contributed by atoms with Crippen molar-refractivity contribution in [2.75, 3.05) is 6.54 Å². The molecule has 94 valence electrons. The first-order valence-corrected chi connectivity index (χ1v) is 6.81. The van der Waals surface area contributed by atoms with Crippen molar-refractivity contribution in [1.29, 1.82) is 0 Å². The Labute approximate surface area is 111 Å². The molecule has 17 heavy (non-hydrogen) atoms. The highest BCUT2D eigenvalue weighted by molar-refractivity contribution is 7.80. The van der Waals surface area contributed by atoms with Crippen LogP contribution in [0, 0.1) is 12.8 Å². The van der Waals surface area contributed by atoms with Gasteiger partial charge >= 0.3 is 0 Å². The van der Waals surface area contributed by atoms with Crippen LogP contribution in [0.4, 0.5) is 0 Å². The van der Waals surface area contributed by atoms with Crippen LogP contribution in [-0.4, -0.2) is 22.4 Å².